The lowest BCUT2D eigenvalue weighted by Crippen LogP contribution is -2.61. The van der Waals surface area contributed by atoms with Crippen molar-refractivity contribution in [1.29, 1.82) is 0 Å². The Labute approximate surface area is 131 Å². The number of aliphatic hydroxyl groups is 9. The zero-order chi connectivity index (χ0) is 17.7. The third-order valence-electron chi connectivity index (χ3n) is 3.62. The highest BCUT2D eigenvalue weighted by Gasteiger charge is 2.46. The minimum atomic E-state index is -1.85. The van der Waals surface area contributed by atoms with Crippen LogP contribution in [0.5, 0.6) is 0 Å². The molecule has 23 heavy (non-hydrogen) atoms. The SMILES string of the molecule is OC[C@@H](O)[C@@H](OC1O[C@H](CO)[C@@H](O)[C@H](O)[C@H]1O)[C@H](O)[C@@H](O)CO. The number of ether oxygens (including phenoxy) is 2. The summed E-state index contributed by atoms with van der Waals surface area (Å²) in [7, 11) is 0. The van der Waals surface area contributed by atoms with Crippen LogP contribution < -0.4 is 0 Å². The lowest BCUT2D eigenvalue weighted by molar-refractivity contribution is -0.327. The molecule has 1 rings (SSSR count). The van der Waals surface area contributed by atoms with Crippen molar-refractivity contribution in [3.05, 3.63) is 0 Å². The highest BCUT2D eigenvalue weighted by molar-refractivity contribution is 4.91. The fourth-order valence-electron chi connectivity index (χ4n) is 2.16. The summed E-state index contributed by atoms with van der Waals surface area (Å²) >= 11 is 0. The Balaban J connectivity index is 2.89. The molecule has 1 aliphatic heterocycles. The molecule has 1 saturated heterocycles. The van der Waals surface area contributed by atoms with Crippen molar-refractivity contribution in [2.75, 3.05) is 19.8 Å². The fraction of sp³-hybridized carbons (Fsp3) is 1.00. The van der Waals surface area contributed by atoms with E-state index in [0.717, 1.165) is 0 Å². The van der Waals surface area contributed by atoms with E-state index in [4.69, 9.17) is 24.8 Å². The van der Waals surface area contributed by atoms with E-state index in [-0.39, 0.29) is 0 Å². The van der Waals surface area contributed by atoms with Crippen LogP contribution in [0.1, 0.15) is 0 Å². The number of hydrogen-bond acceptors (Lipinski definition) is 11. The van der Waals surface area contributed by atoms with Gasteiger partial charge in [-0.25, -0.2) is 0 Å². The quantitative estimate of drug-likeness (QED) is 0.203. The topological polar surface area (TPSA) is 201 Å². The standard InChI is InChI=1S/C12H24O11/c13-1-4(16)7(18)11(5(17)2-14)23-12-10(21)9(20)8(19)6(3-15)22-12/h4-21H,1-3H2/t4-,5+,6+,7+,8+,9-,10+,11+,12?/m0/s1. The Kier molecular flexibility index (Phi) is 8.20. The summed E-state index contributed by atoms with van der Waals surface area (Å²) < 4.78 is 10.1. The molecule has 1 fully saturated rings. The first-order chi connectivity index (χ1) is 10.8. The van der Waals surface area contributed by atoms with E-state index in [0.29, 0.717) is 0 Å². The van der Waals surface area contributed by atoms with E-state index >= 15 is 0 Å². The molecular weight excluding hydrogens is 320 g/mol. The summed E-state index contributed by atoms with van der Waals surface area (Å²) in [5, 5.41) is 84.9. The molecular formula is C12H24O11. The molecule has 0 amide bonds. The van der Waals surface area contributed by atoms with Crippen LogP contribution in [0.4, 0.5) is 0 Å². The molecule has 9 N–H and O–H groups in total. The second kappa shape index (κ2) is 9.15. The highest BCUT2D eigenvalue weighted by Crippen LogP contribution is 2.24. The van der Waals surface area contributed by atoms with E-state index in [1.807, 2.05) is 0 Å². The van der Waals surface area contributed by atoms with Gasteiger partial charge in [0.05, 0.1) is 19.8 Å². The molecule has 1 unspecified atom stereocenters. The van der Waals surface area contributed by atoms with E-state index in [1.54, 1.807) is 0 Å². The number of rotatable bonds is 8. The van der Waals surface area contributed by atoms with Gasteiger partial charge in [0, 0.05) is 0 Å². The molecule has 0 spiro atoms. The average Bonchev–Trinajstić information content (AvgIpc) is 2.57. The van der Waals surface area contributed by atoms with Crippen LogP contribution in [0.15, 0.2) is 0 Å². The first-order valence-corrected chi connectivity index (χ1v) is 7.00. The van der Waals surface area contributed by atoms with Crippen LogP contribution in [0.2, 0.25) is 0 Å². The molecule has 0 aromatic rings. The predicted octanol–water partition coefficient (Wildman–Crippen LogP) is -5.76. The van der Waals surface area contributed by atoms with Crippen LogP contribution in [-0.2, 0) is 9.47 Å². The summed E-state index contributed by atoms with van der Waals surface area (Å²) in [6.07, 6.45) is -15.1. The van der Waals surface area contributed by atoms with Gasteiger partial charge in [0.25, 0.3) is 0 Å². The molecule has 1 heterocycles. The Morgan fingerprint density at radius 1 is 0.826 bits per heavy atom. The van der Waals surface area contributed by atoms with Crippen LogP contribution in [0.25, 0.3) is 0 Å². The molecule has 11 heteroatoms. The zero-order valence-electron chi connectivity index (χ0n) is 12.2. The summed E-state index contributed by atoms with van der Waals surface area (Å²) in [5.41, 5.74) is 0. The molecule has 0 aromatic carbocycles. The minimum absolute atomic E-state index is 0.708. The summed E-state index contributed by atoms with van der Waals surface area (Å²) in [5.74, 6) is 0. The molecule has 11 nitrogen and oxygen atoms in total. The molecule has 0 radical (unpaired) electrons. The van der Waals surface area contributed by atoms with E-state index in [1.165, 1.54) is 0 Å². The third-order valence-corrected chi connectivity index (χ3v) is 3.62. The van der Waals surface area contributed by atoms with Gasteiger partial charge in [0.15, 0.2) is 6.29 Å². The van der Waals surface area contributed by atoms with E-state index in [2.05, 4.69) is 0 Å². The molecule has 1 aliphatic rings. The van der Waals surface area contributed by atoms with E-state index < -0.39 is 74.9 Å². The van der Waals surface area contributed by atoms with Gasteiger partial charge in [-0.2, -0.15) is 0 Å². The molecule has 0 aliphatic carbocycles. The Morgan fingerprint density at radius 2 is 1.39 bits per heavy atom. The number of aliphatic hydroxyl groups excluding tert-OH is 9. The largest absolute Gasteiger partial charge is 0.394 e. The second-order valence-electron chi connectivity index (χ2n) is 5.29. The van der Waals surface area contributed by atoms with E-state index in [9.17, 15) is 30.6 Å². The maximum atomic E-state index is 9.83. The van der Waals surface area contributed by atoms with Crippen molar-refractivity contribution in [3.8, 4) is 0 Å². The molecule has 0 saturated carbocycles. The van der Waals surface area contributed by atoms with Crippen LogP contribution in [0, 0.1) is 0 Å². The maximum Gasteiger partial charge on any atom is 0.187 e. The Hall–Kier alpha value is -0.440. The van der Waals surface area contributed by atoms with Crippen molar-refractivity contribution < 1.29 is 55.4 Å². The normalized spacial score (nSPS) is 37.2. The van der Waals surface area contributed by atoms with Gasteiger partial charge < -0.3 is 55.4 Å². The minimum Gasteiger partial charge on any atom is -0.394 e. The first kappa shape index (κ1) is 20.6. The highest BCUT2D eigenvalue weighted by atomic mass is 16.7. The lowest BCUT2D eigenvalue weighted by Gasteiger charge is -2.42. The van der Waals surface area contributed by atoms with Crippen molar-refractivity contribution in [2.24, 2.45) is 0 Å². The monoisotopic (exact) mass is 344 g/mol. The predicted molar refractivity (Wildman–Crippen MR) is 70.8 cm³/mol. The average molecular weight is 344 g/mol. The van der Waals surface area contributed by atoms with Crippen molar-refractivity contribution in [3.63, 3.8) is 0 Å². The van der Waals surface area contributed by atoms with Gasteiger partial charge in [-0.3, -0.25) is 0 Å². The van der Waals surface area contributed by atoms with Crippen molar-refractivity contribution >= 4 is 0 Å². The summed E-state index contributed by atoms with van der Waals surface area (Å²) in [6, 6.07) is 0. The molecule has 0 bridgehead atoms. The lowest BCUT2D eigenvalue weighted by atomic mass is 9.98. The Bertz CT molecular complexity index is 341. The molecule has 0 aromatic heterocycles. The maximum absolute atomic E-state index is 9.83. The van der Waals surface area contributed by atoms with Gasteiger partial charge in [-0.15, -0.1) is 0 Å². The second-order valence-corrected chi connectivity index (χ2v) is 5.29. The van der Waals surface area contributed by atoms with Gasteiger partial charge in [0.2, 0.25) is 0 Å². The zero-order valence-corrected chi connectivity index (χ0v) is 12.2. The summed E-state index contributed by atoms with van der Waals surface area (Å²) in [6.45, 7) is -2.45. The molecule has 138 valence electrons. The first-order valence-electron chi connectivity index (χ1n) is 7.00. The van der Waals surface area contributed by atoms with Gasteiger partial charge in [-0.05, 0) is 0 Å². The van der Waals surface area contributed by atoms with Crippen LogP contribution >= 0.6 is 0 Å². The molecule has 9 atom stereocenters. The Morgan fingerprint density at radius 3 is 1.87 bits per heavy atom. The fourth-order valence-corrected chi connectivity index (χ4v) is 2.16. The number of hydrogen-bond donors (Lipinski definition) is 9. The van der Waals surface area contributed by atoms with Gasteiger partial charge in [0.1, 0.15) is 48.8 Å². The smallest absolute Gasteiger partial charge is 0.187 e. The van der Waals surface area contributed by atoms with Crippen molar-refractivity contribution in [2.45, 2.75) is 55.1 Å². The van der Waals surface area contributed by atoms with Gasteiger partial charge >= 0.3 is 0 Å². The van der Waals surface area contributed by atoms with Crippen LogP contribution in [0.3, 0.4) is 0 Å². The summed E-state index contributed by atoms with van der Waals surface area (Å²) in [4.78, 5) is 0. The third kappa shape index (κ3) is 4.78. The van der Waals surface area contributed by atoms with Crippen LogP contribution in [-0.4, -0.2) is 121 Å². The van der Waals surface area contributed by atoms with Gasteiger partial charge in [-0.1, -0.05) is 0 Å². The van der Waals surface area contributed by atoms with Crippen molar-refractivity contribution in [1.82, 2.24) is 0 Å².